The fourth-order valence-electron chi connectivity index (χ4n) is 2.53. The van der Waals surface area contributed by atoms with Crippen molar-refractivity contribution in [3.63, 3.8) is 0 Å². The smallest absolute Gasteiger partial charge is 0.0447 e. The van der Waals surface area contributed by atoms with E-state index in [-0.39, 0.29) is 5.41 Å². The van der Waals surface area contributed by atoms with E-state index in [0.29, 0.717) is 5.03 Å². The van der Waals surface area contributed by atoms with Gasteiger partial charge in [-0.3, -0.25) is 0 Å². The van der Waals surface area contributed by atoms with Crippen molar-refractivity contribution in [2.75, 3.05) is 11.9 Å². The molecule has 1 aliphatic rings. The van der Waals surface area contributed by atoms with Gasteiger partial charge in [-0.1, -0.05) is 56.3 Å². The van der Waals surface area contributed by atoms with Gasteiger partial charge < -0.3 is 4.90 Å². The Bertz CT molecular complexity index is 538. The van der Waals surface area contributed by atoms with Crippen LogP contribution in [0, 0.1) is 0 Å². The first-order valence-electron chi connectivity index (χ1n) is 6.02. The maximum absolute atomic E-state index is 5.98. The molecule has 1 nitrogen and oxygen atoms in total. The number of nitrogens with zero attached hydrogens (tertiary/aromatic N) is 1. The lowest BCUT2D eigenvalue weighted by atomic mass is 9.84. The number of anilines is 1. The summed E-state index contributed by atoms with van der Waals surface area (Å²) in [6.07, 6.45) is 5.62. The Morgan fingerprint density at radius 1 is 1.33 bits per heavy atom. The van der Waals surface area contributed by atoms with E-state index < -0.39 is 0 Å². The zero-order chi connectivity index (χ0) is 13.3. The molecule has 0 atom stereocenters. The number of hydrogen-bond acceptors (Lipinski definition) is 1. The van der Waals surface area contributed by atoms with Gasteiger partial charge in [-0.2, -0.15) is 0 Å². The van der Waals surface area contributed by atoms with E-state index in [4.69, 9.17) is 11.6 Å². The third-order valence-electron chi connectivity index (χ3n) is 3.54. The number of rotatable bonds is 2. The molecule has 0 radical (unpaired) electrons. The second kappa shape index (κ2) is 4.66. The second-order valence-electron chi connectivity index (χ2n) is 5.01. The van der Waals surface area contributed by atoms with Crippen molar-refractivity contribution < 1.29 is 0 Å². The van der Waals surface area contributed by atoms with Crippen molar-refractivity contribution in [1.82, 2.24) is 0 Å². The van der Waals surface area contributed by atoms with Gasteiger partial charge in [0.1, 0.15) is 0 Å². The highest BCUT2D eigenvalue weighted by atomic mass is 35.5. The summed E-state index contributed by atoms with van der Waals surface area (Å²) in [4.78, 5) is 2.22. The molecule has 94 valence electrons. The topological polar surface area (TPSA) is 3.24 Å². The summed E-state index contributed by atoms with van der Waals surface area (Å²) in [5.41, 5.74) is 3.85. The molecule has 0 unspecified atom stereocenters. The van der Waals surface area contributed by atoms with E-state index in [2.05, 4.69) is 62.7 Å². The van der Waals surface area contributed by atoms with Crippen LogP contribution < -0.4 is 4.90 Å². The average molecular weight is 260 g/mol. The van der Waals surface area contributed by atoms with Crippen LogP contribution in [-0.2, 0) is 5.41 Å². The molecule has 0 saturated carbocycles. The van der Waals surface area contributed by atoms with Gasteiger partial charge in [-0.25, -0.2) is 0 Å². The van der Waals surface area contributed by atoms with E-state index >= 15 is 0 Å². The summed E-state index contributed by atoms with van der Waals surface area (Å²) < 4.78 is 0. The van der Waals surface area contributed by atoms with E-state index in [1.807, 2.05) is 6.08 Å². The van der Waals surface area contributed by atoms with Crippen molar-refractivity contribution in [2.45, 2.75) is 19.3 Å². The lowest BCUT2D eigenvalue weighted by Gasteiger charge is -2.23. The first-order chi connectivity index (χ1) is 8.48. The lowest BCUT2D eigenvalue weighted by molar-refractivity contribution is 0.640. The van der Waals surface area contributed by atoms with Gasteiger partial charge in [0.15, 0.2) is 0 Å². The minimum absolute atomic E-state index is 0.000181. The average Bonchev–Trinajstić information content (AvgIpc) is 2.56. The Kier molecular flexibility index (Phi) is 3.36. The molecule has 0 aromatic heterocycles. The predicted molar refractivity (Wildman–Crippen MR) is 80.1 cm³/mol. The zero-order valence-electron chi connectivity index (χ0n) is 11.1. The molecule has 0 aliphatic carbocycles. The molecule has 0 bridgehead atoms. The molecule has 0 saturated heterocycles. The zero-order valence-corrected chi connectivity index (χ0v) is 11.8. The highest BCUT2D eigenvalue weighted by Crippen LogP contribution is 2.46. The maximum Gasteiger partial charge on any atom is 0.0447 e. The molecule has 1 heterocycles. The Morgan fingerprint density at radius 3 is 2.61 bits per heavy atom. The van der Waals surface area contributed by atoms with Gasteiger partial charge in [-0.05, 0) is 23.8 Å². The number of allylic oxidation sites excluding steroid dienone is 5. The van der Waals surface area contributed by atoms with Gasteiger partial charge in [0.25, 0.3) is 0 Å². The van der Waals surface area contributed by atoms with E-state index in [9.17, 15) is 0 Å². The van der Waals surface area contributed by atoms with Crippen LogP contribution in [0.4, 0.5) is 5.69 Å². The first-order valence-corrected chi connectivity index (χ1v) is 6.40. The van der Waals surface area contributed by atoms with Crippen LogP contribution in [0.5, 0.6) is 0 Å². The maximum atomic E-state index is 5.98. The Labute approximate surface area is 114 Å². The fraction of sp³-hybridized carbons (Fsp3) is 0.250. The van der Waals surface area contributed by atoms with Crippen LogP contribution in [0.15, 0.2) is 59.8 Å². The van der Waals surface area contributed by atoms with Crippen molar-refractivity contribution in [3.8, 4) is 0 Å². The number of fused-ring (bicyclic) bond motifs is 1. The Morgan fingerprint density at radius 2 is 2.00 bits per heavy atom. The molecule has 0 N–H and O–H groups in total. The predicted octanol–water partition coefficient (Wildman–Crippen LogP) is 4.61. The van der Waals surface area contributed by atoms with Crippen LogP contribution in [-0.4, -0.2) is 7.05 Å². The number of benzene rings is 1. The van der Waals surface area contributed by atoms with E-state index in [1.165, 1.54) is 16.9 Å². The summed E-state index contributed by atoms with van der Waals surface area (Å²) in [5.74, 6) is 0. The van der Waals surface area contributed by atoms with Crippen molar-refractivity contribution >= 4 is 17.3 Å². The minimum atomic E-state index is 0.000181. The third-order valence-corrected chi connectivity index (χ3v) is 3.82. The standard InChI is InChI=1S/C16H18ClN/c1-5-12(17)10-11-15-16(2,3)13-8-6-7-9-14(13)18(15)4/h5-11H,1H2,2-4H3/b12-10-,15-11+. The fourth-order valence-corrected chi connectivity index (χ4v) is 2.59. The number of likely N-dealkylation sites (N-methyl/N-ethyl adjacent to an activating group) is 1. The van der Waals surface area contributed by atoms with Crippen LogP contribution in [0.25, 0.3) is 0 Å². The van der Waals surface area contributed by atoms with Crippen molar-refractivity contribution in [3.05, 3.63) is 65.4 Å². The Balaban J connectivity index is 2.51. The van der Waals surface area contributed by atoms with E-state index in [0.717, 1.165) is 0 Å². The summed E-state index contributed by atoms with van der Waals surface area (Å²) in [5, 5.41) is 0.655. The van der Waals surface area contributed by atoms with Gasteiger partial charge >= 0.3 is 0 Å². The highest BCUT2D eigenvalue weighted by Gasteiger charge is 2.37. The molecule has 1 aromatic carbocycles. The molecule has 18 heavy (non-hydrogen) atoms. The monoisotopic (exact) mass is 259 g/mol. The molecule has 0 amide bonds. The minimum Gasteiger partial charge on any atom is -0.347 e. The number of halogens is 1. The largest absolute Gasteiger partial charge is 0.347 e. The summed E-state index contributed by atoms with van der Waals surface area (Å²) >= 11 is 5.98. The first kappa shape index (κ1) is 13.0. The van der Waals surface area contributed by atoms with Gasteiger partial charge in [0.2, 0.25) is 0 Å². The Hall–Kier alpha value is -1.47. The van der Waals surface area contributed by atoms with Crippen LogP contribution in [0.1, 0.15) is 19.4 Å². The summed E-state index contributed by atoms with van der Waals surface area (Å²) in [7, 11) is 2.09. The number of hydrogen-bond donors (Lipinski definition) is 0. The van der Waals surface area contributed by atoms with Gasteiger partial charge in [0, 0.05) is 28.9 Å². The molecule has 2 heteroatoms. The molecule has 2 rings (SSSR count). The molecular weight excluding hydrogens is 242 g/mol. The van der Waals surface area contributed by atoms with Crippen molar-refractivity contribution in [2.24, 2.45) is 0 Å². The SMILES string of the molecule is C=C/C(Cl)=C/C=C1/N(C)c2ccccc2C1(C)C. The summed E-state index contributed by atoms with van der Waals surface area (Å²) in [6.45, 7) is 8.12. The molecule has 1 aromatic rings. The van der Waals surface area contributed by atoms with Crippen LogP contribution in [0.2, 0.25) is 0 Å². The third kappa shape index (κ3) is 1.99. The molecular formula is C16H18ClN. The lowest BCUT2D eigenvalue weighted by Crippen LogP contribution is -2.22. The quantitative estimate of drug-likeness (QED) is 0.702. The van der Waals surface area contributed by atoms with Crippen LogP contribution in [0.3, 0.4) is 0 Å². The molecule has 0 spiro atoms. The van der Waals surface area contributed by atoms with Gasteiger partial charge in [0.05, 0.1) is 0 Å². The van der Waals surface area contributed by atoms with E-state index in [1.54, 1.807) is 6.08 Å². The van der Waals surface area contributed by atoms with Gasteiger partial charge in [-0.15, -0.1) is 0 Å². The molecule has 0 fully saturated rings. The highest BCUT2D eigenvalue weighted by molar-refractivity contribution is 6.31. The normalized spacial score (nSPS) is 20.1. The molecule has 1 aliphatic heterocycles. The number of para-hydroxylation sites is 1. The van der Waals surface area contributed by atoms with Crippen LogP contribution >= 0.6 is 11.6 Å². The van der Waals surface area contributed by atoms with Crippen molar-refractivity contribution in [1.29, 1.82) is 0 Å². The second-order valence-corrected chi connectivity index (χ2v) is 5.45. The summed E-state index contributed by atoms with van der Waals surface area (Å²) in [6, 6.07) is 8.49.